The Bertz CT molecular complexity index is 148. The highest BCUT2D eigenvalue weighted by Crippen LogP contribution is 1.89. The molecule has 0 heterocycles. The van der Waals surface area contributed by atoms with Crippen LogP contribution in [0.2, 0.25) is 0 Å². The van der Waals surface area contributed by atoms with E-state index in [2.05, 4.69) is 11.3 Å². The molecule has 0 fully saturated rings. The normalized spacial score (nSPS) is 8.45. The van der Waals surface area contributed by atoms with Gasteiger partial charge in [-0.05, 0) is 6.20 Å². The largest absolute Gasteiger partial charge is 0.469 e. The molecule has 0 aliphatic carbocycles. The second kappa shape index (κ2) is 5.46. The van der Waals surface area contributed by atoms with Crippen LogP contribution in [0.5, 0.6) is 0 Å². The van der Waals surface area contributed by atoms with Gasteiger partial charge in [-0.25, -0.2) is 0 Å². The number of amides is 1. The second-order valence-corrected chi connectivity index (χ2v) is 1.85. The maximum atomic E-state index is 10.5. The monoisotopic (exact) mass is 157 g/mol. The molecule has 0 saturated carbocycles. The fourth-order valence-corrected chi connectivity index (χ4v) is 0.509. The zero-order valence-corrected chi connectivity index (χ0v) is 6.45. The molecule has 0 atom stereocenters. The van der Waals surface area contributed by atoms with Gasteiger partial charge < -0.3 is 9.64 Å². The van der Waals surface area contributed by atoms with Crippen molar-refractivity contribution in [3.8, 4) is 0 Å². The van der Waals surface area contributed by atoms with E-state index in [0.29, 0.717) is 13.0 Å². The van der Waals surface area contributed by atoms with Crippen LogP contribution in [0.1, 0.15) is 6.42 Å². The van der Waals surface area contributed by atoms with Crippen molar-refractivity contribution in [1.82, 2.24) is 4.90 Å². The van der Waals surface area contributed by atoms with Crippen molar-refractivity contribution >= 4 is 12.4 Å². The fourth-order valence-electron chi connectivity index (χ4n) is 0.509. The minimum atomic E-state index is -0.335. The van der Waals surface area contributed by atoms with E-state index in [1.54, 1.807) is 0 Å². The predicted octanol–water partition coefficient (Wildman–Crippen LogP) is 0.151. The summed E-state index contributed by atoms with van der Waals surface area (Å²) in [5.41, 5.74) is 0. The summed E-state index contributed by atoms with van der Waals surface area (Å²) in [6.07, 6.45) is 2.16. The molecule has 1 amide bonds. The highest BCUT2D eigenvalue weighted by Gasteiger charge is 2.01. The molecule has 0 aromatic carbocycles. The Labute approximate surface area is 65.4 Å². The van der Waals surface area contributed by atoms with Gasteiger partial charge in [0, 0.05) is 6.54 Å². The van der Waals surface area contributed by atoms with Gasteiger partial charge in [0.2, 0.25) is 6.41 Å². The lowest BCUT2D eigenvalue weighted by Crippen LogP contribution is -2.19. The molecule has 4 heteroatoms. The Morgan fingerprint density at radius 1 is 1.73 bits per heavy atom. The van der Waals surface area contributed by atoms with Gasteiger partial charge in [0.25, 0.3) is 0 Å². The Morgan fingerprint density at radius 3 is 2.73 bits per heavy atom. The molecule has 4 nitrogen and oxygen atoms in total. The Hall–Kier alpha value is -1.32. The first-order valence-corrected chi connectivity index (χ1v) is 3.15. The van der Waals surface area contributed by atoms with Gasteiger partial charge in [-0.15, -0.1) is 0 Å². The van der Waals surface area contributed by atoms with Crippen molar-refractivity contribution in [2.24, 2.45) is 0 Å². The zero-order valence-electron chi connectivity index (χ0n) is 6.45. The standard InChI is InChI=1S/C7H11NO3/c1-3-8(6-9)5-4-7(10)11-2/h3,6H,1,4-5H2,2H3. The lowest BCUT2D eigenvalue weighted by Gasteiger charge is -2.08. The van der Waals surface area contributed by atoms with Crippen molar-refractivity contribution in [3.63, 3.8) is 0 Å². The molecule has 0 aliphatic heterocycles. The molecule has 0 N–H and O–H groups in total. The summed E-state index contributed by atoms with van der Waals surface area (Å²) >= 11 is 0. The third-order valence-electron chi connectivity index (χ3n) is 1.17. The van der Waals surface area contributed by atoms with Crippen molar-refractivity contribution in [1.29, 1.82) is 0 Å². The number of hydrogen-bond acceptors (Lipinski definition) is 3. The van der Waals surface area contributed by atoms with E-state index in [1.165, 1.54) is 18.2 Å². The van der Waals surface area contributed by atoms with Crippen molar-refractivity contribution in [2.45, 2.75) is 6.42 Å². The van der Waals surface area contributed by atoms with Crippen LogP contribution >= 0.6 is 0 Å². The molecule has 62 valence electrons. The number of methoxy groups -OCH3 is 1. The summed E-state index contributed by atoms with van der Waals surface area (Å²) in [5, 5.41) is 0. The number of esters is 1. The molecular formula is C7H11NO3. The zero-order chi connectivity index (χ0) is 8.69. The summed E-state index contributed by atoms with van der Waals surface area (Å²) in [6.45, 7) is 3.70. The van der Waals surface area contributed by atoms with Gasteiger partial charge in [0.15, 0.2) is 0 Å². The minimum absolute atomic E-state index is 0.196. The van der Waals surface area contributed by atoms with E-state index in [9.17, 15) is 9.59 Å². The highest BCUT2D eigenvalue weighted by atomic mass is 16.5. The van der Waals surface area contributed by atoms with Crippen LogP contribution in [0.25, 0.3) is 0 Å². The number of rotatable bonds is 5. The molecular weight excluding hydrogens is 146 g/mol. The van der Waals surface area contributed by atoms with Gasteiger partial charge in [0.05, 0.1) is 13.5 Å². The number of carbonyl (C=O) groups excluding carboxylic acids is 2. The van der Waals surface area contributed by atoms with E-state index < -0.39 is 0 Å². The lowest BCUT2D eigenvalue weighted by molar-refractivity contribution is -0.140. The fraction of sp³-hybridized carbons (Fsp3) is 0.429. The molecule has 0 radical (unpaired) electrons. The Balaban J connectivity index is 3.58. The number of hydrogen-bond donors (Lipinski definition) is 0. The van der Waals surface area contributed by atoms with Gasteiger partial charge in [-0.3, -0.25) is 9.59 Å². The summed E-state index contributed by atoms with van der Waals surface area (Å²) < 4.78 is 4.37. The topological polar surface area (TPSA) is 46.6 Å². The average Bonchev–Trinajstić information content (AvgIpc) is 2.06. The van der Waals surface area contributed by atoms with Gasteiger partial charge >= 0.3 is 5.97 Å². The summed E-state index contributed by atoms with van der Waals surface area (Å²) in [5.74, 6) is -0.335. The number of carbonyl (C=O) groups is 2. The van der Waals surface area contributed by atoms with Crippen LogP contribution in [0.15, 0.2) is 12.8 Å². The minimum Gasteiger partial charge on any atom is -0.469 e. The van der Waals surface area contributed by atoms with E-state index in [4.69, 9.17) is 0 Å². The number of ether oxygens (including phenoxy) is 1. The van der Waals surface area contributed by atoms with Gasteiger partial charge in [-0.1, -0.05) is 6.58 Å². The smallest absolute Gasteiger partial charge is 0.307 e. The van der Waals surface area contributed by atoms with E-state index in [1.807, 2.05) is 0 Å². The predicted molar refractivity (Wildman–Crippen MR) is 39.6 cm³/mol. The van der Waals surface area contributed by atoms with Crippen LogP contribution in [0.4, 0.5) is 0 Å². The molecule has 0 unspecified atom stereocenters. The first-order valence-electron chi connectivity index (χ1n) is 3.15. The SMILES string of the molecule is C=CN(C=O)CCC(=O)OC. The number of nitrogens with zero attached hydrogens (tertiary/aromatic N) is 1. The molecule has 0 spiro atoms. The van der Waals surface area contributed by atoms with Gasteiger partial charge in [0.1, 0.15) is 0 Å². The van der Waals surface area contributed by atoms with Crippen LogP contribution in [0.3, 0.4) is 0 Å². The van der Waals surface area contributed by atoms with E-state index >= 15 is 0 Å². The first kappa shape index (κ1) is 9.68. The quantitative estimate of drug-likeness (QED) is 0.421. The van der Waals surface area contributed by atoms with Crippen LogP contribution < -0.4 is 0 Å². The van der Waals surface area contributed by atoms with Crippen molar-refractivity contribution in [3.05, 3.63) is 12.8 Å². The summed E-state index contributed by atoms with van der Waals surface area (Å²) in [4.78, 5) is 22.0. The maximum absolute atomic E-state index is 10.5. The maximum Gasteiger partial charge on any atom is 0.307 e. The Morgan fingerprint density at radius 2 is 2.36 bits per heavy atom. The molecule has 0 rings (SSSR count). The molecule has 0 saturated heterocycles. The average molecular weight is 157 g/mol. The summed E-state index contributed by atoms with van der Waals surface area (Å²) in [6, 6.07) is 0. The van der Waals surface area contributed by atoms with Crippen molar-refractivity contribution < 1.29 is 14.3 Å². The van der Waals surface area contributed by atoms with E-state index in [0.717, 1.165) is 0 Å². The molecule has 0 aliphatic rings. The molecule has 0 bridgehead atoms. The van der Waals surface area contributed by atoms with Gasteiger partial charge in [-0.2, -0.15) is 0 Å². The van der Waals surface area contributed by atoms with Crippen molar-refractivity contribution in [2.75, 3.05) is 13.7 Å². The summed E-state index contributed by atoms with van der Waals surface area (Å²) in [7, 11) is 1.31. The lowest BCUT2D eigenvalue weighted by atomic mass is 10.4. The molecule has 0 aromatic rings. The van der Waals surface area contributed by atoms with Crippen LogP contribution in [-0.4, -0.2) is 30.9 Å². The van der Waals surface area contributed by atoms with Crippen LogP contribution in [-0.2, 0) is 14.3 Å². The van der Waals surface area contributed by atoms with Crippen LogP contribution in [0, 0.1) is 0 Å². The molecule has 0 aromatic heterocycles. The van der Waals surface area contributed by atoms with E-state index in [-0.39, 0.29) is 12.4 Å². The Kier molecular flexibility index (Phi) is 4.81. The first-order chi connectivity index (χ1) is 5.24. The second-order valence-electron chi connectivity index (χ2n) is 1.85. The third-order valence-corrected chi connectivity index (χ3v) is 1.17. The molecule has 11 heavy (non-hydrogen) atoms. The highest BCUT2D eigenvalue weighted by molar-refractivity contribution is 5.69. The third kappa shape index (κ3) is 4.13.